The molecule has 1 fully saturated rings. The van der Waals surface area contributed by atoms with E-state index in [1.807, 2.05) is 0 Å². The minimum Gasteiger partial charge on any atom is -0.496 e. The second kappa shape index (κ2) is 5.77. The van der Waals surface area contributed by atoms with Gasteiger partial charge in [0.1, 0.15) is 5.75 Å². The normalized spacial score (nSPS) is 23.9. The Morgan fingerprint density at radius 3 is 2.73 bits per heavy atom. The summed E-state index contributed by atoms with van der Waals surface area (Å²) in [6.45, 7) is 2.29. The van der Waals surface area contributed by atoms with E-state index in [9.17, 15) is 0 Å². The first-order valence-electron chi connectivity index (χ1n) is 8.30. The summed E-state index contributed by atoms with van der Waals surface area (Å²) in [4.78, 5) is 2.68. The molecule has 0 N–H and O–H groups in total. The van der Waals surface area contributed by atoms with Crippen LogP contribution < -0.4 is 4.74 Å². The van der Waals surface area contributed by atoms with Gasteiger partial charge in [-0.1, -0.05) is 42.5 Å². The van der Waals surface area contributed by atoms with Crippen LogP contribution in [-0.4, -0.2) is 24.6 Å². The molecule has 2 unspecified atom stereocenters. The fourth-order valence-corrected chi connectivity index (χ4v) is 4.36. The van der Waals surface area contributed by atoms with Crippen molar-refractivity contribution in [3.05, 3.63) is 65.2 Å². The first kappa shape index (κ1) is 13.8. The number of rotatable bonds is 3. The van der Waals surface area contributed by atoms with Crippen LogP contribution in [0.5, 0.6) is 5.75 Å². The predicted octanol–water partition coefficient (Wildman–Crippen LogP) is 4.00. The summed E-state index contributed by atoms with van der Waals surface area (Å²) in [6, 6.07) is 18.1. The van der Waals surface area contributed by atoms with E-state index < -0.39 is 0 Å². The molecule has 114 valence electrons. The highest BCUT2D eigenvalue weighted by Gasteiger charge is 2.39. The molecule has 4 rings (SSSR count). The minimum atomic E-state index is 0.683. The van der Waals surface area contributed by atoms with E-state index in [4.69, 9.17) is 4.74 Å². The first-order chi connectivity index (χ1) is 10.9. The van der Waals surface area contributed by atoms with Crippen molar-refractivity contribution in [2.45, 2.75) is 37.8 Å². The van der Waals surface area contributed by atoms with Gasteiger partial charge in [0.25, 0.3) is 0 Å². The SMILES string of the molecule is COc1cccc2c1CCC1C2CCN1Cc1ccccc1. The number of hydrogen-bond acceptors (Lipinski definition) is 2. The van der Waals surface area contributed by atoms with Gasteiger partial charge in [-0.2, -0.15) is 0 Å². The van der Waals surface area contributed by atoms with Crippen LogP contribution >= 0.6 is 0 Å². The Bertz CT molecular complexity index is 652. The molecule has 2 aromatic rings. The van der Waals surface area contributed by atoms with E-state index in [-0.39, 0.29) is 0 Å². The fraction of sp³-hybridized carbons (Fsp3) is 0.400. The van der Waals surface area contributed by atoms with Crippen LogP contribution in [0.1, 0.15) is 35.4 Å². The van der Waals surface area contributed by atoms with Crippen LogP contribution in [0.25, 0.3) is 0 Å². The van der Waals surface area contributed by atoms with Crippen LogP contribution in [0.2, 0.25) is 0 Å². The Hall–Kier alpha value is -1.80. The average molecular weight is 293 g/mol. The van der Waals surface area contributed by atoms with Gasteiger partial charge in [-0.15, -0.1) is 0 Å². The third kappa shape index (κ3) is 2.32. The molecule has 0 saturated carbocycles. The van der Waals surface area contributed by atoms with Crippen molar-refractivity contribution in [2.24, 2.45) is 0 Å². The molecule has 2 aromatic carbocycles. The molecule has 1 aliphatic heterocycles. The molecule has 0 aromatic heterocycles. The lowest BCUT2D eigenvalue weighted by atomic mass is 9.79. The highest BCUT2D eigenvalue weighted by molar-refractivity contribution is 5.45. The van der Waals surface area contributed by atoms with Gasteiger partial charge in [0.2, 0.25) is 0 Å². The van der Waals surface area contributed by atoms with Crippen molar-refractivity contribution in [3.8, 4) is 5.75 Å². The molecular weight excluding hydrogens is 270 g/mol. The van der Waals surface area contributed by atoms with Gasteiger partial charge >= 0.3 is 0 Å². The number of benzene rings is 2. The van der Waals surface area contributed by atoms with E-state index in [1.54, 1.807) is 7.11 Å². The largest absolute Gasteiger partial charge is 0.496 e. The standard InChI is InChI=1S/C20H23NO/c1-22-20-9-5-8-16-17-12-13-21(19(17)11-10-18(16)20)14-15-6-3-2-4-7-15/h2-9,17,19H,10-14H2,1H3. The maximum Gasteiger partial charge on any atom is 0.122 e. The topological polar surface area (TPSA) is 12.5 Å². The van der Waals surface area contributed by atoms with Gasteiger partial charge in [-0.3, -0.25) is 4.90 Å². The lowest BCUT2D eigenvalue weighted by Gasteiger charge is -2.34. The maximum absolute atomic E-state index is 5.57. The van der Waals surface area contributed by atoms with Crippen LogP contribution in [0.15, 0.2) is 48.5 Å². The number of likely N-dealkylation sites (tertiary alicyclic amines) is 1. The summed E-state index contributed by atoms with van der Waals surface area (Å²) in [5, 5.41) is 0. The second-order valence-corrected chi connectivity index (χ2v) is 6.49. The molecule has 1 heterocycles. The number of nitrogens with zero attached hydrogens (tertiary/aromatic N) is 1. The van der Waals surface area contributed by atoms with Crippen molar-refractivity contribution in [2.75, 3.05) is 13.7 Å². The minimum absolute atomic E-state index is 0.683. The van der Waals surface area contributed by atoms with E-state index in [0.717, 1.165) is 18.7 Å². The monoisotopic (exact) mass is 293 g/mol. The van der Waals surface area contributed by atoms with Crippen molar-refractivity contribution >= 4 is 0 Å². The average Bonchev–Trinajstić information content (AvgIpc) is 2.98. The number of fused-ring (bicyclic) bond motifs is 3. The number of ether oxygens (including phenoxy) is 1. The van der Waals surface area contributed by atoms with Crippen molar-refractivity contribution in [3.63, 3.8) is 0 Å². The summed E-state index contributed by atoms with van der Waals surface area (Å²) in [5.74, 6) is 1.76. The summed E-state index contributed by atoms with van der Waals surface area (Å²) in [6.07, 6.45) is 3.67. The predicted molar refractivity (Wildman–Crippen MR) is 89.3 cm³/mol. The highest BCUT2D eigenvalue weighted by Crippen LogP contribution is 2.44. The zero-order valence-corrected chi connectivity index (χ0v) is 13.2. The lowest BCUT2D eigenvalue weighted by Crippen LogP contribution is -2.34. The zero-order chi connectivity index (χ0) is 14.9. The number of hydrogen-bond donors (Lipinski definition) is 0. The van der Waals surface area contributed by atoms with Crippen LogP contribution in [0.4, 0.5) is 0 Å². The first-order valence-corrected chi connectivity index (χ1v) is 8.30. The Balaban J connectivity index is 1.58. The smallest absolute Gasteiger partial charge is 0.122 e. The molecule has 0 bridgehead atoms. The third-order valence-corrected chi connectivity index (χ3v) is 5.37. The summed E-state index contributed by atoms with van der Waals surface area (Å²) >= 11 is 0. The molecular formula is C20H23NO. The van der Waals surface area contributed by atoms with Gasteiger partial charge in [-0.05, 0) is 48.6 Å². The molecule has 22 heavy (non-hydrogen) atoms. The van der Waals surface area contributed by atoms with E-state index in [0.29, 0.717) is 12.0 Å². The lowest BCUT2D eigenvalue weighted by molar-refractivity contribution is 0.218. The molecule has 2 aliphatic rings. The number of methoxy groups -OCH3 is 1. The molecule has 2 atom stereocenters. The van der Waals surface area contributed by atoms with Gasteiger partial charge in [0, 0.05) is 18.5 Å². The summed E-state index contributed by atoms with van der Waals surface area (Å²) < 4.78 is 5.57. The molecule has 2 nitrogen and oxygen atoms in total. The van der Waals surface area contributed by atoms with Crippen LogP contribution in [-0.2, 0) is 13.0 Å². The molecule has 2 heteroatoms. The van der Waals surface area contributed by atoms with Crippen LogP contribution in [0, 0.1) is 0 Å². The summed E-state index contributed by atoms with van der Waals surface area (Å²) in [7, 11) is 1.79. The third-order valence-electron chi connectivity index (χ3n) is 5.37. The van der Waals surface area contributed by atoms with E-state index >= 15 is 0 Å². The Labute approximate surface area is 132 Å². The molecule has 0 radical (unpaired) electrons. The molecule has 1 saturated heterocycles. The Morgan fingerprint density at radius 1 is 1.05 bits per heavy atom. The fourth-order valence-electron chi connectivity index (χ4n) is 4.36. The summed E-state index contributed by atoms with van der Waals surface area (Å²) in [5.41, 5.74) is 4.42. The van der Waals surface area contributed by atoms with Gasteiger partial charge in [0.15, 0.2) is 0 Å². The Kier molecular flexibility index (Phi) is 3.63. The van der Waals surface area contributed by atoms with Crippen molar-refractivity contribution in [1.29, 1.82) is 0 Å². The highest BCUT2D eigenvalue weighted by atomic mass is 16.5. The second-order valence-electron chi connectivity index (χ2n) is 6.49. The van der Waals surface area contributed by atoms with Gasteiger partial charge in [-0.25, -0.2) is 0 Å². The van der Waals surface area contributed by atoms with Crippen molar-refractivity contribution < 1.29 is 4.74 Å². The molecule has 1 aliphatic carbocycles. The molecule has 0 amide bonds. The maximum atomic E-state index is 5.57. The van der Waals surface area contributed by atoms with E-state index in [1.165, 1.54) is 36.1 Å². The van der Waals surface area contributed by atoms with Crippen molar-refractivity contribution in [1.82, 2.24) is 4.90 Å². The molecule has 0 spiro atoms. The Morgan fingerprint density at radius 2 is 1.91 bits per heavy atom. The zero-order valence-electron chi connectivity index (χ0n) is 13.2. The quantitative estimate of drug-likeness (QED) is 0.848. The van der Waals surface area contributed by atoms with Crippen LogP contribution in [0.3, 0.4) is 0 Å². The van der Waals surface area contributed by atoms with Gasteiger partial charge < -0.3 is 4.74 Å². The van der Waals surface area contributed by atoms with E-state index in [2.05, 4.69) is 53.4 Å². The van der Waals surface area contributed by atoms with Gasteiger partial charge in [0.05, 0.1) is 7.11 Å².